The largest absolute Gasteiger partial charge is 0.352 e. The third-order valence-electron chi connectivity index (χ3n) is 5.28. The van der Waals surface area contributed by atoms with Gasteiger partial charge >= 0.3 is 5.69 Å². The first kappa shape index (κ1) is 22.8. The summed E-state index contributed by atoms with van der Waals surface area (Å²) < 4.78 is 29.2. The van der Waals surface area contributed by atoms with Gasteiger partial charge in [0.15, 0.2) is 0 Å². The Bertz CT molecular complexity index is 1450. The number of aromatic nitrogens is 3. The van der Waals surface area contributed by atoms with Gasteiger partial charge < -0.3 is 5.32 Å². The van der Waals surface area contributed by atoms with Crippen molar-refractivity contribution in [1.82, 2.24) is 19.7 Å². The van der Waals surface area contributed by atoms with Gasteiger partial charge in [-0.2, -0.15) is 9.78 Å². The van der Waals surface area contributed by atoms with Crippen LogP contribution in [-0.2, 0) is 6.54 Å². The van der Waals surface area contributed by atoms with Gasteiger partial charge in [-0.3, -0.25) is 14.2 Å². The topological polar surface area (TPSA) is 86.0 Å². The molecule has 7 nitrogen and oxygen atoms in total. The van der Waals surface area contributed by atoms with Gasteiger partial charge in [-0.05, 0) is 42.8 Å². The summed E-state index contributed by atoms with van der Waals surface area (Å²) in [5.74, 6) is -1.95. The van der Waals surface area contributed by atoms with Crippen molar-refractivity contribution in [1.29, 1.82) is 0 Å². The maximum absolute atomic E-state index is 14.3. The first-order valence-corrected chi connectivity index (χ1v) is 10.4. The van der Waals surface area contributed by atoms with Crippen LogP contribution in [0.1, 0.15) is 34.6 Å². The van der Waals surface area contributed by atoms with Crippen LogP contribution in [0, 0.1) is 11.6 Å². The van der Waals surface area contributed by atoms with Gasteiger partial charge in [0.25, 0.3) is 11.5 Å². The summed E-state index contributed by atoms with van der Waals surface area (Å²) in [5.41, 5.74) is -1.39. The zero-order valence-corrected chi connectivity index (χ0v) is 18.1. The normalized spacial score (nSPS) is 11.7. The molecule has 0 aliphatic heterocycles. The van der Waals surface area contributed by atoms with Gasteiger partial charge in [0, 0.05) is 5.56 Å². The molecule has 0 saturated heterocycles. The number of benzene rings is 3. The minimum absolute atomic E-state index is 0.0857. The molecule has 3 aromatic carbocycles. The zero-order valence-electron chi connectivity index (χ0n) is 18.1. The molecule has 1 heterocycles. The molecule has 0 bridgehead atoms. The molecule has 0 aliphatic rings. The first-order valence-electron chi connectivity index (χ1n) is 10.4. The fourth-order valence-corrected chi connectivity index (χ4v) is 3.43. The van der Waals surface area contributed by atoms with Crippen LogP contribution < -0.4 is 16.6 Å². The molecule has 1 atom stereocenters. The maximum Gasteiger partial charge on any atom is 0.352 e. The maximum atomic E-state index is 14.3. The highest BCUT2D eigenvalue weighted by atomic mass is 19.1. The molecule has 0 aliphatic carbocycles. The van der Waals surface area contributed by atoms with Gasteiger partial charge in [-0.1, -0.05) is 48.5 Å². The molecule has 1 N–H and O–H groups in total. The third kappa shape index (κ3) is 4.68. The summed E-state index contributed by atoms with van der Waals surface area (Å²) in [6, 6.07) is 19.1. The van der Waals surface area contributed by atoms with Crippen LogP contribution in [0.2, 0.25) is 0 Å². The van der Waals surface area contributed by atoms with Crippen molar-refractivity contribution in [3.05, 3.63) is 128 Å². The lowest BCUT2D eigenvalue weighted by molar-refractivity contribution is 0.0930. The van der Waals surface area contributed by atoms with E-state index in [9.17, 15) is 23.2 Å². The van der Waals surface area contributed by atoms with Gasteiger partial charge in [0.05, 0.1) is 18.3 Å². The second-order valence-electron chi connectivity index (χ2n) is 7.61. The summed E-state index contributed by atoms with van der Waals surface area (Å²) in [5, 5.41) is 6.68. The molecule has 9 heteroatoms. The summed E-state index contributed by atoms with van der Waals surface area (Å²) in [6.45, 7) is 1.32. The second-order valence-corrected chi connectivity index (χ2v) is 7.61. The van der Waals surface area contributed by atoms with Crippen LogP contribution in [0.25, 0.3) is 5.69 Å². The Labute approximate surface area is 192 Å². The molecule has 172 valence electrons. The Morgan fingerprint density at radius 2 is 1.59 bits per heavy atom. The lowest BCUT2D eigenvalue weighted by Gasteiger charge is -2.16. The van der Waals surface area contributed by atoms with E-state index in [1.54, 1.807) is 13.0 Å². The highest BCUT2D eigenvalue weighted by Gasteiger charge is 2.22. The average Bonchev–Trinajstić information content (AvgIpc) is 2.84. The number of hydrogen-bond acceptors (Lipinski definition) is 4. The summed E-state index contributed by atoms with van der Waals surface area (Å²) in [4.78, 5) is 39.3. The number of rotatable bonds is 6. The quantitative estimate of drug-likeness (QED) is 0.477. The number of nitrogens with zero attached hydrogens (tertiary/aromatic N) is 3. The van der Waals surface area contributed by atoms with Crippen molar-refractivity contribution in [2.45, 2.75) is 19.5 Å². The highest BCUT2D eigenvalue weighted by Crippen LogP contribution is 2.12. The van der Waals surface area contributed by atoms with Crippen LogP contribution in [0.4, 0.5) is 8.78 Å². The third-order valence-corrected chi connectivity index (χ3v) is 5.28. The average molecular weight is 462 g/mol. The lowest BCUT2D eigenvalue weighted by atomic mass is 10.1. The van der Waals surface area contributed by atoms with E-state index in [0.29, 0.717) is 0 Å². The SMILES string of the molecule is C[C@H](NC(=O)c1nn(-c2ccc(F)cc2)c(=O)n(Cc2ccccc2F)c1=O)c1ccccc1. The van der Waals surface area contributed by atoms with Crippen molar-refractivity contribution in [2.24, 2.45) is 0 Å². The van der Waals surface area contributed by atoms with Gasteiger partial charge in [-0.25, -0.2) is 13.6 Å². The Morgan fingerprint density at radius 1 is 0.941 bits per heavy atom. The molecule has 1 aromatic heterocycles. The van der Waals surface area contributed by atoms with Crippen molar-refractivity contribution >= 4 is 5.91 Å². The summed E-state index contributed by atoms with van der Waals surface area (Å²) in [6.07, 6.45) is 0. The van der Waals surface area contributed by atoms with E-state index < -0.39 is 47.1 Å². The Morgan fingerprint density at radius 3 is 2.26 bits per heavy atom. The molecular weight excluding hydrogens is 442 g/mol. The predicted octanol–water partition coefficient (Wildman–Crippen LogP) is 3.21. The minimum Gasteiger partial charge on any atom is -0.344 e. The Balaban J connectivity index is 1.82. The van der Waals surface area contributed by atoms with Gasteiger partial charge in [0.2, 0.25) is 5.69 Å². The summed E-state index contributed by atoms with van der Waals surface area (Å²) in [7, 11) is 0. The van der Waals surface area contributed by atoms with E-state index in [1.165, 1.54) is 30.3 Å². The first-order chi connectivity index (χ1) is 16.3. The minimum atomic E-state index is -0.968. The molecule has 4 rings (SSSR count). The molecule has 34 heavy (non-hydrogen) atoms. The number of carbonyl (C=O) groups is 1. The van der Waals surface area contributed by atoms with Gasteiger partial charge in [0.1, 0.15) is 11.6 Å². The molecule has 0 radical (unpaired) electrons. The smallest absolute Gasteiger partial charge is 0.344 e. The number of hydrogen-bond donors (Lipinski definition) is 1. The molecule has 0 unspecified atom stereocenters. The van der Waals surface area contributed by atoms with Crippen LogP contribution in [0.3, 0.4) is 0 Å². The van der Waals surface area contributed by atoms with Crippen LogP contribution >= 0.6 is 0 Å². The van der Waals surface area contributed by atoms with Crippen molar-refractivity contribution in [3.63, 3.8) is 0 Å². The fraction of sp³-hybridized carbons (Fsp3) is 0.120. The Kier molecular flexibility index (Phi) is 6.44. The van der Waals surface area contributed by atoms with Crippen LogP contribution in [0.5, 0.6) is 0 Å². The van der Waals surface area contributed by atoms with Crippen molar-refractivity contribution < 1.29 is 13.6 Å². The van der Waals surface area contributed by atoms with E-state index in [2.05, 4.69) is 10.4 Å². The Hall–Kier alpha value is -4.40. The van der Waals surface area contributed by atoms with E-state index >= 15 is 0 Å². The highest BCUT2D eigenvalue weighted by molar-refractivity contribution is 5.92. The van der Waals surface area contributed by atoms with Crippen molar-refractivity contribution in [3.8, 4) is 5.69 Å². The standard InChI is InChI=1S/C25H20F2N4O3/c1-16(17-7-3-2-4-8-17)28-23(32)22-24(33)30(15-18-9-5-6-10-21(18)27)25(34)31(29-22)20-13-11-19(26)12-14-20/h2-14,16H,15H2,1H3,(H,28,32)/t16-/m0/s1. The van der Waals surface area contributed by atoms with E-state index in [1.807, 2.05) is 30.3 Å². The second kappa shape index (κ2) is 9.62. The van der Waals surface area contributed by atoms with E-state index in [4.69, 9.17) is 0 Å². The zero-order chi connectivity index (χ0) is 24.2. The van der Waals surface area contributed by atoms with Crippen LogP contribution in [-0.4, -0.2) is 20.3 Å². The molecule has 4 aromatic rings. The number of amides is 1. The van der Waals surface area contributed by atoms with Gasteiger partial charge in [-0.15, -0.1) is 0 Å². The summed E-state index contributed by atoms with van der Waals surface area (Å²) >= 11 is 0. The number of nitrogens with one attached hydrogen (secondary N) is 1. The van der Waals surface area contributed by atoms with Crippen LogP contribution in [0.15, 0.2) is 88.5 Å². The monoisotopic (exact) mass is 462 g/mol. The van der Waals surface area contributed by atoms with E-state index in [-0.39, 0.29) is 11.3 Å². The fourth-order valence-electron chi connectivity index (χ4n) is 3.43. The molecular formula is C25H20F2N4O3. The molecule has 1 amide bonds. The predicted molar refractivity (Wildman–Crippen MR) is 122 cm³/mol. The van der Waals surface area contributed by atoms with Crippen molar-refractivity contribution in [2.75, 3.05) is 0 Å². The number of halogens is 2. The van der Waals surface area contributed by atoms with E-state index in [0.717, 1.165) is 26.9 Å². The number of carbonyl (C=O) groups excluding carboxylic acids is 1. The molecule has 0 spiro atoms. The lowest BCUT2D eigenvalue weighted by Crippen LogP contribution is -2.46. The molecule has 0 fully saturated rings. The molecule has 0 saturated carbocycles.